The molecule has 0 aromatic heterocycles. The maximum atomic E-state index is 12.3. The van der Waals surface area contributed by atoms with Gasteiger partial charge in [0, 0.05) is 6.42 Å². The average Bonchev–Trinajstić information content (AvgIpc) is 2.67. The molecule has 0 unspecified atom stereocenters. The molecule has 0 atom stereocenters. The average molecular weight is 441 g/mol. The zero-order valence-corrected chi connectivity index (χ0v) is 21.9. The SMILES string of the molecule is CC(C)=CCC/C(C)=C/CC/C(C)=C/C(=O)C/C(C)=C/CC/C(C)=C/CC/C(C)=C/CO. The van der Waals surface area contributed by atoms with Crippen LogP contribution in [0.5, 0.6) is 0 Å². The minimum atomic E-state index is 0.125. The van der Waals surface area contributed by atoms with Gasteiger partial charge < -0.3 is 5.11 Å². The molecule has 0 aliphatic heterocycles. The highest BCUT2D eigenvalue weighted by molar-refractivity contribution is 5.91. The first-order valence-electron chi connectivity index (χ1n) is 12.2. The van der Waals surface area contributed by atoms with Crippen LogP contribution in [-0.4, -0.2) is 17.5 Å². The molecule has 0 aromatic carbocycles. The van der Waals surface area contributed by atoms with Crippen molar-refractivity contribution < 1.29 is 9.90 Å². The van der Waals surface area contributed by atoms with Crippen molar-refractivity contribution in [3.8, 4) is 0 Å². The number of aliphatic hydroxyl groups is 1. The zero-order chi connectivity index (χ0) is 24.4. The Morgan fingerprint density at radius 2 is 0.969 bits per heavy atom. The van der Waals surface area contributed by atoms with Crippen LogP contribution in [0.25, 0.3) is 0 Å². The van der Waals surface area contributed by atoms with Crippen LogP contribution in [0.1, 0.15) is 106 Å². The molecule has 2 nitrogen and oxygen atoms in total. The van der Waals surface area contributed by atoms with Crippen LogP contribution in [0, 0.1) is 0 Å². The largest absolute Gasteiger partial charge is 0.392 e. The van der Waals surface area contributed by atoms with Gasteiger partial charge in [-0.05, 0) is 106 Å². The highest BCUT2D eigenvalue weighted by Crippen LogP contribution is 2.14. The molecule has 0 heterocycles. The van der Waals surface area contributed by atoms with Crippen LogP contribution < -0.4 is 0 Å². The number of hydrogen-bond acceptors (Lipinski definition) is 2. The van der Waals surface area contributed by atoms with Gasteiger partial charge in [-0.25, -0.2) is 0 Å². The maximum absolute atomic E-state index is 12.3. The second-order valence-electron chi connectivity index (χ2n) is 9.45. The van der Waals surface area contributed by atoms with Gasteiger partial charge in [0.2, 0.25) is 0 Å². The third-order valence-corrected chi connectivity index (χ3v) is 5.49. The van der Waals surface area contributed by atoms with Crippen molar-refractivity contribution in [1.82, 2.24) is 0 Å². The first-order valence-corrected chi connectivity index (χ1v) is 12.2. The molecule has 0 spiro atoms. The van der Waals surface area contributed by atoms with E-state index in [2.05, 4.69) is 72.8 Å². The molecular weight excluding hydrogens is 392 g/mol. The number of hydrogen-bond donors (Lipinski definition) is 1. The topological polar surface area (TPSA) is 37.3 Å². The van der Waals surface area contributed by atoms with E-state index in [1.165, 1.54) is 27.9 Å². The van der Waals surface area contributed by atoms with E-state index in [0.717, 1.165) is 56.9 Å². The molecule has 1 N–H and O–H groups in total. The Morgan fingerprint density at radius 1 is 0.562 bits per heavy atom. The third kappa shape index (κ3) is 18.8. The van der Waals surface area contributed by atoms with E-state index in [0.29, 0.717) is 6.42 Å². The number of carbonyl (C=O) groups is 1. The Balaban J connectivity index is 4.31. The van der Waals surface area contributed by atoms with Crippen LogP contribution in [0.2, 0.25) is 0 Å². The lowest BCUT2D eigenvalue weighted by Crippen LogP contribution is -1.95. The van der Waals surface area contributed by atoms with Crippen molar-refractivity contribution in [1.29, 1.82) is 0 Å². The predicted octanol–water partition coefficient (Wildman–Crippen LogP) is 8.76. The van der Waals surface area contributed by atoms with Crippen molar-refractivity contribution in [2.75, 3.05) is 6.61 Å². The lowest BCUT2D eigenvalue weighted by Gasteiger charge is -2.03. The van der Waals surface area contributed by atoms with Gasteiger partial charge in [-0.2, -0.15) is 0 Å². The Hall–Kier alpha value is -1.93. The Bertz CT molecular complexity index is 735. The van der Waals surface area contributed by atoms with Crippen molar-refractivity contribution >= 4 is 5.78 Å². The molecule has 0 radical (unpaired) electrons. The van der Waals surface area contributed by atoms with Gasteiger partial charge in [0.1, 0.15) is 0 Å². The first kappa shape index (κ1) is 30.1. The van der Waals surface area contributed by atoms with E-state index in [1.807, 2.05) is 12.2 Å². The summed E-state index contributed by atoms with van der Waals surface area (Å²) < 4.78 is 0. The summed E-state index contributed by atoms with van der Waals surface area (Å²) in [7, 11) is 0. The fourth-order valence-corrected chi connectivity index (χ4v) is 3.43. The van der Waals surface area contributed by atoms with E-state index >= 15 is 0 Å². The van der Waals surface area contributed by atoms with E-state index in [-0.39, 0.29) is 12.4 Å². The van der Waals surface area contributed by atoms with Crippen LogP contribution >= 0.6 is 0 Å². The molecule has 0 aliphatic rings. The van der Waals surface area contributed by atoms with E-state index < -0.39 is 0 Å². The molecule has 0 rings (SSSR count). The van der Waals surface area contributed by atoms with Gasteiger partial charge in [-0.1, -0.05) is 63.8 Å². The number of carbonyl (C=O) groups excluding carboxylic acids is 1. The molecule has 0 saturated heterocycles. The summed E-state index contributed by atoms with van der Waals surface area (Å²) in [5, 5.41) is 8.89. The highest BCUT2D eigenvalue weighted by Gasteiger charge is 2.01. The molecule has 180 valence electrons. The lowest BCUT2D eigenvalue weighted by atomic mass is 10.0. The summed E-state index contributed by atoms with van der Waals surface area (Å²) in [4.78, 5) is 12.3. The maximum Gasteiger partial charge on any atom is 0.159 e. The molecule has 0 fully saturated rings. The van der Waals surface area contributed by atoms with Crippen LogP contribution in [0.3, 0.4) is 0 Å². The summed E-state index contributed by atoms with van der Waals surface area (Å²) in [6.07, 6.45) is 21.5. The fraction of sp³-hybridized carbons (Fsp3) is 0.567. The van der Waals surface area contributed by atoms with Crippen LogP contribution in [0.4, 0.5) is 0 Å². The summed E-state index contributed by atoms with van der Waals surface area (Å²) in [5.41, 5.74) is 7.76. The van der Waals surface area contributed by atoms with Gasteiger partial charge in [-0.15, -0.1) is 0 Å². The van der Waals surface area contributed by atoms with Gasteiger partial charge in [0.25, 0.3) is 0 Å². The molecule has 0 bridgehead atoms. The Morgan fingerprint density at radius 3 is 1.44 bits per heavy atom. The minimum absolute atomic E-state index is 0.125. The monoisotopic (exact) mass is 440 g/mol. The molecule has 2 heteroatoms. The minimum Gasteiger partial charge on any atom is -0.392 e. The van der Waals surface area contributed by atoms with Gasteiger partial charge >= 0.3 is 0 Å². The normalized spacial score (nSPS) is 14.1. The smallest absolute Gasteiger partial charge is 0.159 e. The third-order valence-electron chi connectivity index (χ3n) is 5.49. The molecule has 0 aliphatic carbocycles. The fourth-order valence-electron chi connectivity index (χ4n) is 3.43. The molecule has 0 saturated carbocycles. The number of ketones is 1. The van der Waals surface area contributed by atoms with Crippen molar-refractivity contribution in [3.63, 3.8) is 0 Å². The predicted molar refractivity (Wildman–Crippen MR) is 142 cm³/mol. The molecule has 0 aromatic rings. The van der Waals surface area contributed by atoms with E-state index in [9.17, 15) is 4.79 Å². The summed E-state index contributed by atoms with van der Waals surface area (Å²) >= 11 is 0. The van der Waals surface area contributed by atoms with Crippen LogP contribution in [-0.2, 0) is 4.79 Å². The Kier molecular flexibility index (Phi) is 17.5. The van der Waals surface area contributed by atoms with Crippen LogP contribution in [0.15, 0.2) is 69.9 Å². The van der Waals surface area contributed by atoms with Gasteiger partial charge in [-0.3, -0.25) is 4.79 Å². The first-order chi connectivity index (χ1) is 15.1. The summed E-state index contributed by atoms with van der Waals surface area (Å²) in [6, 6.07) is 0. The number of allylic oxidation sites excluding steroid dienone is 11. The number of aliphatic hydroxyl groups excluding tert-OH is 1. The number of rotatable bonds is 16. The van der Waals surface area contributed by atoms with Crippen molar-refractivity contribution in [3.05, 3.63) is 69.9 Å². The van der Waals surface area contributed by atoms with Gasteiger partial charge in [0.05, 0.1) is 6.61 Å². The zero-order valence-electron chi connectivity index (χ0n) is 21.9. The molecule has 32 heavy (non-hydrogen) atoms. The standard InChI is InChI=1S/C30H48O2/c1-24(2)12-8-13-25(3)15-10-18-28(6)22-30(32)23-29(7)19-11-16-26(4)14-9-17-27(5)20-21-31/h12,14-15,19-20,22,31H,8-11,13,16-18,21,23H2,1-7H3/b25-15+,26-14+,27-20+,28-22+,29-19+. The second-order valence-corrected chi connectivity index (χ2v) is 9.45. The summed E-state index contributed by atoms with van der Waals surface area (Å²) in [6.45, 7) is 15.0. The van der Waals surface area contributed by atoms with Gasteiger partial charge in [0.15, 0.2) is 5.78 Å². The van der Waals surface area contributed by atoms with E-state index in [4.69, 9.17) is 5.11 Å². The van der Waals surface area contributed by atoms with Crippen molar-refractivity contribution in [2.24, 2.45) is 0 Å². The molecule has 0 amide bonds. The quantitative estimate of drug-likeness (QED) is 0.192. The highest BCUT2D eigenvalue weighted by atomic mass is 16.2. The molecular formula is C30H48O2. The summed E-state index contributed by atoms with van der Waals surface area (Å²) in [5.74, 6) is 0.207. The Labute approximate surface area is 198 Å². The van der Waals surface area contributed by atoms with Crippen molar-refractivity contribution in [2.45, 2.75) is 106 Å². The second kappa shape index (κ2) is 18.6. The van der Waals surface area contributed by atoms with E-state index in [1.54, 1.807) is 0 Å². The lowest BCUT2D eigenvalue weighted by molar-refractivity contribution is -0.114.